The number of halogens is 3. The lowest BCUT2D eigenvalue weighted by atomic mass is 10.0. The van der Waals surface area contributed by atoms with E-state index in [0.29, 0.717) is 11.3 Å². The number of hydrogen-bond donors (Lipinski definition) is 2. The summed E-state index contributed by atoms with van der Waals surface area (Å²) < 4.78 is 39.4. The van der Waals surface area contributed by atoms with E-state index < -0.39 is 17.7 Å². The lowest BCUT2D eigenvalue weighted by Crippen LogP contribution is -2.09. The van der Waals surface area contributed by atoms with E-state index >= 15 is 0 Å². The lowest BCUT2D eigenvalue weighted by molar-refractivity contribution is -0.136. The second kappa shape index (κ2) is 4.62. The molecule has 3 N–H and O–H groups in total. The highest BCUT2D eigenvalue weighted by molar-refractivity contribution is 7.21. The maximum Gasteiger partial charge on any atom is 0.417 e. The number of carbonyl (C=O) groups is 1. The standard InChI is InChI=1S/C12H11F3N2O2S/c1-4(2)6-3-5(12(13,14)15)7-8(16)9(11(18)19)20-10(7)17-6/h3-4H,16H2,1-2H3,(H,18,19). The fourth-order valence-electron chi connectivity index (χ4n) is 1.82. The van der Waals surface area contributed by atoms with E-state index in [4.69, 9.17) is 10.8 Å². The fraction of sp³-hybridized carbons (Fsp3) is 0.333. The van der Waals surface area contributed by atoms with Crippen LogP contribution in [0.15, 0.2) is 6.07 Å². The maximum absolute atomic E-state index is 13.1. The highest BCUT2D eigenvalue weighted by atomic mass is 32.1. The number of carboxylic acids is 1. The molecule has 2 aromatic rings. The zero-order valence-electron chi connectivity index (χ0n) is 10.6. The molecule has 0 saturated carbocycles. The Labute approximate surface area is 116 Å². The monoisotopic (exact) mass is 304 g/mol. The minimum Gasteiger partial charge on any atom is -0.477 e. The highest BCUT2D eigenvalue weighted by Gasteiger charge is 2.36. The maximum atomic E-state index is 13.1. The van der Waals surface area contributed by atoms with E-state index in [1.807, 2.05) is 0 Å². The van der Waals surface area contributed by atoms with Crippen molar-refractivity contribution in [2.24, 2.45) is 0 Å². The van der Waals surface area contributed by atoms with Crippen LogP contribution >= 0.6 is 11.3 Å². The summed E-state index contributed by atoms with van der Waals surface area (Å²) >= 11 is 0.658. The van der Waals surface area contributed by atoms with Gasteiger partial charge in [-0.15, -0.1) is 11.3 Å². The van der Waals surface area contributed by atoms with Crippen LogP contribution < -0.4 is 5.73 Å². The Morgan fingerprint density at radius 3 is 2.50 bits per heavy atom. The fourth-order valence-corrected chi connectivity index (χ4v) is 2.78. The second-order valence-corrected chi connectivity index (χ2v) is 5.58. The minimum atomic E-state index is -4.62. The Morgan fingerprint density at radius 1 is 1.45 bits per heavy atom. The van der Waals surface area contributed by atoms with Gasteiger partial charge in [-0.1, -0.05) is 13.8 Å². The van der Waals surface area contributed by atoms with Gasteiger partial charge in [0.15, 0.2) is 0 Å². The zero-order chi connectivity index (χ0) is 15.2. The first kappa shape index (κ1) is 14.6. The van der Waals surface area contributed by atoms with Gasteiger partial charge in [0.1, 0.15) is 9.71 Å². The van der Waals surface area contributed by atoms with Gasteiger partial charge in [0.25, 0.3) is 0 Å². The van der Waals surface area contributed by atoms with Gasteiger partial charge in [-0.3, -0.25) is 0 Å². The van der Waals surface area contributed by atoms with Crippen LogP contribution in [0.3, 0.4) is 0 Å². The lowest BCUT2D eigenvalue weighted by Gasteiger charge is -2.12. The molecule has 0 aliphatic rings. The minimum absolute atomic E-state index is 0.00146. The van der Waals surface area contributed by atoms with Gasteiger partial charge < -0.3 is 10.8 Å². The number of nitrogen functional groups attached to an aromatic ring is 1. The highest BCUT2D eigenvalue weighted by Crippen LogP contribution is 2.42. The summed E-state index contributed by atoms with van der Waals surface area (Å²) in [6.07, 6.45) is -4.62. The van der Waals surface area contributed by atoms with Gasteiger partial charge in [0, 0.05) is 11.1 Å². The van der Waals surface area contributed by atoms with Crippen LogP contribution in [0.4, 0.5) is 18.9 Å². The number of carboxylic acid groups (broad SMARTS) is 1. The quantitative estimate of drug-likeness (QED) is 0.886. The topological polar surface area (TPSA) is 76.2 Å². The molecule has 20 heavy (non-hydrogen) atoms. The van der Waals surface area contributed by atoms with Crippen molar-refractivity contribution in [2.45, 2.75) is 25.9 Å². The van der Waals surface area contributed by atoms with Crippen LogP contribution in [0.5, 0.6) is 0 Å². The number of aromatic nitrogens is 1. The summed E-state index contributed by atoms with van der Waals surface area (Å²) in [5, 5.41) is 8.63. The van der Waals surface area contributed by atoms with E-state index in [-0.39, 0.29) is 32.4 Å². The van der Waals surface area contributed by atoms with Crippen LogP contribution in [0.2, 0.25) is 0 Å². The number of pyridine rings is 1. The molecule has 2 aromatic heterocycles. The van der Waals surface area contributed by atoms with Crippen molar-refractivity contribution in [1.29, 1.82) is 0 Å². The SMILES string of the molecule is CC(C)c1cc(C(F)(F)F)c2c(N)c(C(=O)O)sc2n1. The molecule has 0 fully saturated rings. The first-order valence-electron chi connectivity index (χ1n) is 5.66. The predicted molar refractivity (Wildman–Crippen MR) is 70.1 cm³/mol. The number of anilines is 1. The first-order chi connectivity index (χ1) is 9.12. The number of aromatic carboxylic acids is 1. The van der Waals surface area contributed by atoms with Gasteiger partial charge in [0.05, 0.1) is 11.3 Å². The Kier molecular flexibility index (Phi) is 3.37. The van der Waals surface area contributed by atoms with Crippen molar-refractivity contribution < 1.29 is 23.1 Å². The Bertz CT molecular complexity index is 692. The Balaban J connectivity index is 2.89. The summed E-state index contributed by atoms with van der Waals surface area (Å²) in [6.45, 7) is 3.42. The van der Waals surface area contributed by atoms with Crippen LogP contribution in [-0.4, -0.2) is 16.1 Å². The molecule has 0 spiro atoms. The molecule has 0 bridgehead atoms. The smallest absolute Gasteiger partial charge is 0.417 e. The average Bonchev–Trinajstić information content (AvgIpc) is 2.64. The van der Waals surface area contributed by atoms with Gasteiger partial charge in [-0.05, 0) is 12.0 Å². The summed E-state index contributed by atoms with van der Waals surface area (Å²) in [4.78, 5) is 14.8. The summed E-state index contributed by atoms with van der Waals surface area (Å²) in [5.74, 6) is -1.57. The van der Waals surface area contributed by atoms with E-state index in [0.717, 1.165) is 6.07 Å². The van der Waals surface area contributed by atoms with Gasteiger partial charge >= 0.3 is 12.1 Å². The molecule has 0 unspecified atom stereocenters. The van der Waals surface area contributed by atoms with Crippen molar-refractivity contribution in [3.8, 4) is 0 Å². The number of rotatable bonds is 2. The molecule has 0 radical (unpaired) electrons. The van der Waals surface area contributed by atoms with Crippen molar-refractivity contribution in [2.75, 3.05) is 5.73 Å². The van der Waals surface area contributed by atoms with Crippen LogP contribution in [-0.2, 0) is 6.18 Å². The summed E-state index contributed by atoms with van der Waals surface area (Å²) in [6, 6.07) is 0.932. The van der Waals surface area contributed by atoms with E-state index in [1.54, 1.807) is 13.8 Å². The van der Waals surface area contributed by atoms with Crippen LogP contribution in [0.25, 0.3) is 10.2 Å². The number of nitrogens with zero attached hydrogens (tertiary/aromatic N) is 1. The van der Waals surface area contributed by atoms with Gasteiger partial charge in [-0.25, -0.2) is 9.78 Å². The largest absolute Gasteiger partial charge is 0.477 e. The van der Waals surface area contributed by atoms with Crippen molar-refractivity contribution in [3.05, 3.63) is 22.2 Å². The van der Waals surface area contributed by atoms with Crippen LogP contribution in [0, 0.1) is 0 Å². The Morgan fingerprint density at radius 2 is 2.05 bits per heavy atom. The Hall–Kier alpha value is -1.83. The zero-order valence-corrected chi connectivity index (χ0v) is 11.4. The third-order valence-corrected chi connectivity index (χ3v) is 3.90. The predicted octanol–water partition coefficient (Wildman–Crippen LogP) is 3.72. The van der Waals surface area contributed by atoms with E-state index in [2.05, 4.69) is 4.98 Å². The summed E-state index contributed by atoms with van der Waals surface area (Å²) in [5.41, 5.74) is 4.49. The molecule has 0 aliphatic carbocycles. The molecule has 0 saturated heterocycles. The van der Waals surface area contributed by atoms with Crippen molar-refractivity contribution in [3.63, 3.8) is 0 Å². The van der Waals surface area contributed by atoms with E-state index in [9.17, 15) is 18.0 Å². The first-order valence-corrected chi connectivity index (χ1v) is 6.48. The normalized spacial score (nSPS) is 12.3. The van der Waals surface area contributed by atoms with Gasteiger partial charge in [-0.2, -0.15) is 13.2 Å². The molecule has 0 aliphatic heterocycles. The van der Waals surface area contributed by atoms with Crippen molar-refractivity contribution in [1.82, 2.24) is 4.98 Å². The molecule has 4 nitrogen and oxygen atoms in total. The number of alkyl halides is 3. The third-order valence-electron chi connectivity index (χ3n) is 2.81. The average molecular weight is 304 g/mol. The number of hydrogen-bond acceptors (Lipinski definition) is 4. The van der Waals surface area contributed by atoms with Crippen LogP contribution in [0.1, 0.15) is 40.7 Å². The molecule has 0 atom stereocenters. The molecule has 0 amide bonds. The number of nitrogens with two attached hydrogens (primary N) is 1. The van der Waals surface area contributed by atoms with Gasteiger partial charge in [0.2, 0.25) is 0 Å². The van der Waals surface area contributed by atoms with E-state index in [1.165, 1.54) is 0 Å². The van der Waals surface area contributed by atoms with Crippen molar-refractivity contribution >= 4 is 33.2 Å². The second-order valence-electron chi connectivity index (χ2n) is 4.58. The molecule has 2 heterocycles. The molecule has 0 aromatic carbocycles. The molecule has 8 heteroatoms. The number of fused-ring (bicyclic) bond motifs is 1. The molecule has 2 rings (SSSR count). The molecule has 108 valence electrons. The summed E-state index contributed by atoms with van der Waals surface area (Å²) in [7, 11) is 0. The third kappa shape index (κ3) is 2.31. The molecular weight excluding hydrogens is 293 g/mol. The number of thiophene rings is 1. The molecular formula is C12H11F3N2O2S.